The first kappa shape index (κ1) is 24.8. The third-order valence-electron chi connectivity index (χ3n) is 6.39. The van der Waals surface area contributed by atoms with Gasteiger partial charge in [0.2, 0.25) is 0 Å². The van der Waals surface area contributed by atoms with E-state index in [-0.39, 0.29) is 24.9 Å². The molecule has 3 aromatic rings. The number of aliphatic carboxylic acids is 1. The second kappa shape index (κ2) is 10.9. The van der Waals surface area contributed by atoms with Gasteiger partial charge in [0.25, 0.3) is 5.91 Å². The number of carbonyl (C=O) groups excluding carboxylic acids is 2. The first-order valence-corrected chi connectivity index (χ1v) is 11.7. The number of carboxylic acids is 1. The summed E-state index contributed by atoms with van der Waals surface area (Å²) in [5, 5.41) is 14.7. The zero-order chi connectivity index (χ0) is 25.7. The number of ether oxygens (including phenoxy) is 2. The number of rotatable bonds is 9. The Morgan fingerprint density at radius 2 is 1.61 bits per heavy atom. The molecule has 0 aromatic heterocycles. The van der Waals surface area contributed by atoms with Gasteiger partial charge < -0.3 is 25.2 Å². The molecule has 0 heterocycles. The van der Waals surface area contributed by atoms with Crippen LogP contribution in [0.25, 0.3) is 11.1 Å². The number of hydrogen-bond donors (Lipinski definition) is 3. The molecular weight excluding hydrogens is 460 g/mol. The highest BCUT2D eigenvalue weighted by Crippen LogP contribution is 2.44. The van der Waals surface area contributed by atoms with Crippen molar-refractivity contribution in [2.75, 3.05) is 20.8 Å². The molecule has 0 radical (unpaired) electrons. The summed E-state index contributed by atoms with van der Waals surface area (Å²) in [6.07, 6.45) is -0.288. The average molecular weight is 489 g/mol. The maximum absolute atomic E-state index is 12.5. The number of fused-ring (bicyclic) bond motifs is 3. The van der Waals surface area contributed by atoms with Crippen LogP contribution in [0.5, 0.6) is 5.75 Å². The number of carbonyl (C=O) groups is 3. The highest BCUT2D eigenvalue weighted by molar-refractivity contribution is 5.96. The summed E-state index contributed by atoms with van der Waals surface area (Å²) < 4.78 is 10.8. The number of carboxylic acid groups (broad SMARTS) is 1. The fourth-order valence-corrected chi connectivity index (χ4v) is 4.56. The van der Waals surface area contributed by atoms with Crippen molar-refractivity contribution in [3.63, 3.8) is 0 Å². The summed E-state index contributed by atoms with van der Waals surface area (Å²) in [5.74, 6) is -1.16. The fraction of sp³-hybridized carbons (Fsp3) is 0.250. The van der Waals surface area contributed by atoms with Gasteiger partial charge in [0, 0.05) is 13.0 Å². The molecule has 36 heavy (non-hydrogen) atoms. The van der Waals surface area contributed by atoms with Crippen molar-refractivity contribution >= 4 is 18.0 Å². The summed E-state index contributed by atoms with van der Waals surface area (Å²) in [6, 6.07) is 19.9. The minimum absolute atomic E-state index is 0.102. The zero-order valence-corrected chi connectivity index (χ0v) is 20.1. The summed E-state index contributed by atoms with van der Waals surface area (Å²) >= 11 is 0. The number of aryl methyl sites for hydroxylation is 1. The molecular formula is C28H28N2O6. The van der Waals surface area contributed by atoms with Crippen molar-refractivity contribution in [1.82, 2.24) is 10.6 Å². The van der Waals surface area contributed by atoms with E-state index in [1.165, 1.54) is 14.2 Å². The molecule has 1 atom stereocenters. The van der Waals surface area contributed by atoms with Crippen molar-refractivity contribution in [1.29, 1.82) is 0 Å². The van der Waals surface area contributed by atoms with Crippen LogP contribution < -0.4 is 15.4 Å². The van der Waals surface area contributed by atoms with Crippen LogP contribution in [-0.4, -0.2) is 49.9 Å². The smallest absolute Gasteiger partial charge is 0.407 e. The molecule has 0 bridgehead atoms. The number of amides is 2. The lowest BCUT2D eigenvalue weighted by molar-refractivity contribution is -0.139. The van der Waals surface area contributed by atoms with Gasteiger partial charge in [-0.1, -0.05) is 54.6 Å². The van der Waals surface area contributed by atoms with Gasteiger partial charge in [-0.25, -0.2) is 9.59 Å². The molecule has 186 valence electrons. The summed E-state index contributed by atoms with van der Waals surface area (Å²) in [6.45, 7) is 0.102. The Hall–Kier alpha value is -4.33. The van der Waals surface area contributed by atoms with Gasteiger partial charge in [0.05, 0.1) is 12.7 Å². The summed E-state index contributed by atoms with van der Waals surface area (Å²) in [7, 11) is 2.99. The van der Waals surface area contributed by atoms with Gasteiger partial charge in [0.1, 0.15) is 18.4 Å². The van der Waals surface area contributed by atoms with Crippen LogP contribution in [0, 0.1) is 0 Å². The average Bonchev–Trinajstić information content (AvgIpc) is 3.22. The third kappa shape index (κ3) is 5.17. The maximum Gasteiger partial charge on any atom is 0.407 e. The number of methoxy groups -OCH3 is 1. The first-order chi connectivity index (χ1) is 17.4. The predicted molar refractivity (Wildman–Crippen MR) is 134 cm³/mol. The topological polar surface area (TPSA) is 114 Å². The Morgan fingerprint density at radius 1 is 0.972 bits per heavy atom. The lowest BCUT2D eigenvalue weighted by atomic mass is 9.98. The van der Waals surface area contributed by atoms with Gasteiger partial charge in [-0.3, -0.25) is 4.79 Å². The number of alkyl carbamates (subject to hydrolysis) is 1. The highest BCUT2D eigenvalue weighted by Gasteiger charge is 2.29. The molecule has 0 fully saturated rings. The van der Waals surface area contributed by atoms with E-state index < -0.39 is 18.1 Å². The van der Waals surface area contributed by atoms with E-state index in [4.69, 9.17) is 9.47 Å². The van der Waals surface area contributed by atoms with Crippen LogP contribution in [0.4, 0.5) is 4.79 Å². The second-order valence-electron chi connectivity index (χ2n) is 8.51. The van der Waals surface area contributed by atoms with Gasteiger partial charge >= 0.3 is 12.1 Å². The lowest BCUT2D eigenvalue weighted by Crippen LogP contribution is -2.41. The van der Waals surface area contributed by atoms with E-state index in [2.05, 4.69) is 10.6 Å². The number of nitrogens with one attached hydrogen (secondary N) is 2. The molecule has 0 aliphatic heterocycles. The van der Waals surface area contributed by atoms with Gasteiger partial charge in [-0.2, -0.15) is 0 Å². The zero-order valence-electron chi connectivity index (χ0n) is 20.1. The molecule has 8 nitrogen and oxygen atoms in total. The molecule has 3 N–H and O–H groups in total. The van der Waals surface area contributed by atoms with Crippen LogP contribution in [0.2, 0.25) is 0 Å². The predicted octanol–water partition coefficient (Wildman–Crippen LogP) is 3.98. The van der Waals surface area contributed by atoms with E-state index >= 15 is 0 Å². The van der Waals surface area contributed by atoms with E-state index in [0.717, 1.165) is 27.8 Å². The molecule has 3 aromatic carbocycles. The van der Waals surface area contributed by atoms with Crippen LogP contribution in [0.1, 0.15) is 39.4 Å². The Labute approximate surface area is 209 Å². The standard InChI is InChI=1S/C28H28N2O6/c1-29-26(31)22-13-11-17(15-25(22)35-2)12-14-24(27(32)33)30-28(34)36-16-23-20-9-5-3-7-18(20)19-8-4-6-10-21(19)23/h3-11,13,15,23-24H,12,14,16H2,1-2H3,(H,29,31)(H,30,34)(H,32,33). The summed E-state index contributed by atoms with van der Waals surface area (Å²) in [5.41, 5.74) is 5.55. The van der Waals surface area contributed by atoms with Crippen molar-refractivity contribution in [2.24, 2.45) is 0 Å². The van der Waals surface area contributed by atoms with Gasteiger partial charge in [-0.15, -0.1) is 0 Å². The van der Waals surface area contributed by atoms with Crippen LogP contribution in [-0.2, 0) is 16.0 Å². The Balaban J connectivity index is 1.38. The monoisotopic (exact) mass is 488 g/mol. The Kier molecular flexibility index (Phi) is 7.53. The van der Waals surface area contributed by atoms with Crippen molar-refractivity contribution in [3.8, 4) is 16.9 Å². The molecule has 0 saturated carbocycles. The molecule has 2 amide bonds. The van der Waals surface area contributed by atoms with E-state index in [0.29, 0.717) is 17.7 Å². The number of hydrogen-bond acceptors (Lipinski definition) is 5. The van der Waals surface area contributed by atoms with Gasteiger partial charge in [0.15, 0.2) is 0 Å². The quantitative estimate of drug-likeness (QED) is 0.420. The van der Waals surface area contributed by atoms with E-state index in [1.807, 2.05) is 48.5 Å². The molecule has 1 aliphatic carbocycles. The molecule has 4 rings (SSSR count). The van der Waals surface area contributed by atoms with Gasteiger partial charge in [-0.05, 0) is 52.8 Å². The van der Waals surface area contributed by atoms with Crippen molar-refractivity contribution < 1.29 is 29.0 Å². The number of benzene rings is 3. The SMILES string of the molecule is CNC(=O)c1ccc(CCC(NC(=O)OCC2c3ccccc3-c3ccccc32)C(=O)O)cc1OC. The van der Waals surface area contributed by atoms with E-state index in [1.54, 1.807) is 18.2 Å². The molecule has 0 spiro atoms. The maximum atomic E-state index is 12.5. The Morgan fingerprint density at radius 3 is 2.19 bits per heavy atom. The van der Waals surface area contributed by atoms with Crippen LogP contribution in [0.15, 0.2) is 66.7 Å². The summed E-state index contributed by atoms with van der Waals surface area (Å²) in [4.78, 5) is 36.3. The van der Waals surface area contributed by atoms with Crippen molar-refractivity contribution in [2.45, 2.75) is 24.8 Å². The van der Waals surface area contributed by atoms with Crippen LogP contribution in [0.3, 0.4) is 0 Å². The second-order valence-corrected chi connectivity index (χ2v) is 8.51. The third-order valence-corrected chi connectivity index (χ3v) is 6.39. The first-order valence-electron chi connectivity index (χ1n) is 11.7. The molecule has 1 aliphatic rings. The normalized spacial score (nSPS) is 12.7. The van der Waals surface area contributed by atoms with Crippen molar-refractivity contribution in [3.05, 3.63) is 89.0 Å². The lowest BCUT2D eigenvalue weighted by Gasteiger charge is -2.18. The minimum Gasteiger partial charge on any atom is -0.496 e. The Bertz CT molecular complexity index is 1240. The molecule has 1 unspecified atom stereocenters. The van der Waals surface area contributed by atoms with E-state index in [9.17, 15) is 19.5 Å². The highest BCUT2D eigenvalue weighted by atomic mass is 16.5. The molecule has 0 saturated heterocycles. The largest absolute Gasteiger partial charge is 0.496 e. The van der Waals surface area contributed by atoms with Crippen LogP contribution >= 0.6 is 0 Å². The fourth-order valence-electron chi connectivity index (χ4n) is 4.56. The minimum atomic E-state index is -1.16. The molecule has 8 heteroatoms.